The molecule has 0 bridgehead atoms. The summed E-state index contributed by atoms with van der Waals surface area (Å²) in [6.07, 6.45) is -4.65. The molecule has 0 aliphatic heterocycles. The lowest BCUT2D eigenvalue weighted by Gasteiger charge is -2.16. The van der Waals surface area contributed by atoms with E-state index in [2.05, 4.69) is 9.97 Å². The minimum atomic E-state index is -4.65. The van der Waals surface area contributed by atoms with Crippen LogP contribution in [0.15, 0.2) is 0 Å². The second-order valence-corrected chi connectivity index (χ2v) is 3.59. The third kappa shape index (κ3) is 2.63. The molecule has 1 rings (SSSR count). The lowest BCUT2D eigenvalue weighted by molar-refractivity contribution is -0.144. The van der Waals surface area contributed by atoms with Crippen LogP contribution < -0.4 is 4.90 Å². The summed E-state index contributed by atoms with van der Waals surface area (Å²) in [5.74, 6) is -1.34. The molecule has 0 amide bonds. The van der Waals surface area contributed by atoms with Crippen molar-refractivity contribution < 1.29 is 13.2 Å². The molecule has 0 saturated carbocycles. The molecule has 0 aliphatic carbocycles. The standard InChI is InChI=1S/C7H6Cl2F3N3/c1-15(2)3-4(8)13-6(7(10,11)12)14-5(3)9/h1-2H3. The van der Waals surface area contributed by atoms with Crippen molar-refractivity contribution in [2.75, 3.05) is 19.0 Å². The first-order chi connectivity index (χ1) is 6.73. The molecule has 0 saturated heterocycles. The maximum absolute atomic E-state index is 12.2. The maximum Gasteiger partial charge on any atom is 0.451 e. The van der Waals surface area contributed by atoms with E-state index in [0.29, 0.717) is 0 Å². The van der Waals surface area contributed by atoms with Crippen LogP contribution >= 0.6 is 23.2 Å². The fraction of sp³-hybridized carbons (Fsp3) is 0.429. The van der Waals surface area contributed by atoms with E-state index in [1.54, 1.807) is 14.1 Å². The van der Waals surface area contributed by atoms with E-state index < -0.39 is 12.0 Å². The van der Waals surface area contributed by atoms with Gasteiger partial charge in [-0.2, -0.15) is 13.2 Å². The van der Waals surface area contributed by atoms with Crippen LogP contribution in [0, 0.1) is 0 Å². The number of alkyl halides is 3. The topological polar surface area (TPSA) is 29.0 Å². The van der Waals surface area contributed by atoms with Gasteiger partial charge in [0, 0.05) is 14.1 Å². The molecule has 0 aromatic carbocycles. The Hall–Kier alpha value is -0.750. The van der Waals surface area contributed by atoms with Crippen LogP contribution in [0.3, 0.4) is 0 Å². The van der Waals surface area contributed by atoms with Gasteiger partial charge in [-0.25, -0.2) is 9.97 Å². The molecular formula is C7H6Cl2F3N3. The highest BCUT2D eigenvalue weighted by Crippen LogP contribution is 2.34. The summed E-state index contributed by atoms with van der Waals surface area (Å²) in [5, 5.41) is -0.653. The van der Waals surface area contributed by atoms with E-state index in [1.165, 1.54) is 4.90 Å². The van der Waals surface area contributed by atoms with Gasteiger partial charge in [-0.15, -0.1) is 0 Å². The molecule has 1 aromatic rings. The summed E-state index contributed by atoms with van der Waals surface area (Å²) < 4.78 is 36.7. The average molecular weight is 260 g/mol. The number of aromatic nitrogens is 2. The predicted octanol–water partition coefficient (Wildman–Crippen LogP) is 2.87. The summed E-state index contributed by atoms with van der Waals surface area (Å²) in [5.41, 5.74) is 0.159. The number of rotatable bonds is 1. The molecule has 1 heterocycles. The molecule has 15 heavy (non-hydrogen) atoms. The van der Waals surface area contributed by atoms with Gasteiger partial charge in [0.25, 0.3) is 0 Å². The molecule has 0 atom stereocenters. The van der Waals surface area contributed by atoms with Crippen LogP contribution in [0.4, 0.5) is 18.9 Å². The third-order valence-corrected chi connectivity index (χ3v) is 2.03. The zero-order valence-electron chi connectivity index (χ0n) is 7.73. The first kappa shape index (κ1) is 12.3. The van der Waals surface area contributed by atoms with E-state index in [-0.39, 0.29) is 16.0 Å². The van der Waals surface area contributed by atoms with Gasteiger partial charge in [0.2, 0.25) is 5.82 Å². The van der Waals surface area contributed by atoms with Crippen LogP contribution in [0.25, 0.3) is 0 Å². The lowest BCUT2D eigenvalue weighted by Crippen LogP contribution is -2.16. The molecular weight excluding hydrogens is 254 g/mol. The highest BCUT2D eigenvalue weighted by atomic mass is 35.5. The smallest absolute Gasteiger partial charge is 0.373 e. The Morgan fingerprint density at radius 3 is 1.73 bits per heavy atom. The SMILES string of the molecule is CN(C)c1c(Cl)nc(C(F)(F)F)nc1Cl. The van der Waals surface area contributed by atoms with Crippen molar-refractivity contribution in [3.63, 3.8) is 0 Å². The van der Waals surface area contributed by atoms with E-state index in [0.717, 1.165) is 0 Å². The van der Waals surface area contributed by atoms with Crippen molar-refractivity contribution in [3.8, 4) is 0 Å². The summed E-state index contributed by atoms with van der Waals surface area (Å²) in [4.78, 5) is 7.69. The zero-order valence-corrected chi connectivity index (χ0v) is 9.24. The number of hydrogen-bond acceptors (Lipinski definition) is 3. The van der Waals surface area contributed by atoms with Gasteiger partial charge in [-0.3, -0.25) is 0 Å². The zero-order chi connectivity index (χ0) is 11.8. The van der Waals surface area contributed by atoms with Crippen molar-refractivity contribution in [2.45, 2.75) is 6.18 Å². The van der Waals surface area contributed by atoms with E-state index in [4.69, 9.17) is 23.2 Å². The van der Waals surface area contributed by atoms with Gasteiger partial charge in [0.05, 0.1) is 0 Å². The largest absolute Gasteiger partial charge is 0.451 e. The predicted molar refractivity (Wildman–Crippen MR) is 51.4 cm³/mol. The number of anilines is 1. The number of hydrogen-bond donors (Lipinski definition) is 0. The quantitative estimate of drug-likeness (QED) is 0.727. The summed E-state index contributed by atoms with van der Waals surface area (Å²) in [6, 6.07) is 0. The Labute approximate surface area is 93.8 Å². The monoisotopic (exact) mass is 259 g/mol. The van der Waals surface area contributed by atoms with Crippen molar-refractivity contribution in [2.24, 2.45) is 0 Å². The van der Waals surface area contributed by atoms with Gasteiger partial charge in [-0.1, -0.05) is 23.2 Å². The normalized spacial score (nSPS) is 11.7. The second kappa shape index (κ2) is 4.02. The van der Waals surface area contributed by atoms with Crippen LogP contribution in [0.2, 0.25) is 10.3 Å². The molecule has 0 spiro atoms. The minimum absolute atomic E-state index is 0.159. The van der Waals surface area contributed by atoms with Gasteiger partial charge < -0.3 is 4.90 Å². The summed E-state index contributed by atoms with van der Waals surface area (Å²) in [6.45, 7) is 0. The molecule has 0 unspecified atom stereocenters. The van der Waals surface area contributed by atoms with E-state index in [1.807, 2.05) is 0 Å². The lowest BCUT2D eigenvalue weighted by atomic mass is 10.4. The van der Waals surface area contributed by atoms with E-state index in [9.17, 15) is 13.2 Å². The third-order valence-electron chi connectivity index (χ3n) is 1.50. The Morgan fingerprint density at radius 1 is 1.07 bits per heavy atom. The second-order valence-electron chi connectivity index (χ2n) is 2.87. The van der Waals surface area contributed by atoms with Crippen molar-refractivity contribution in [3.05, 3.63) is 16.1 Å². The molecule has 1 aromatic heterocycles. The molecule has 0 radical (unpaired) electrons. The molecule has 84 valence electrons. The van der Waals surface area contributed by atoms with Gasteiger partial charge in [-0.05, 0) is 0 Å². The molecule has 3 nitrogen and oxygen atoms in total. The number of halogens is 5. The molecule has 0 N–H and O–H groups in total. The molecule has 8 heteroatoms. The Bertz CT molecular complexity index is 355. The summed E-state index contributed by atoms with van der Waals surface area (Å²) >= 11 is 11.1. The fourth-order valence-electron chi connectivity index (χ4n) is 0.898. The fourth-order valence-corrected chi connectivity index (χ4v) is 1.62. The van der Waals surface area contributed by atoms with Crippen LogP contribution in [0.1, 0.15) is 5.82 Å². The van der Waals surface area contributed by atoms with Crippen molar-refractivity contribution >= 4 is 28.9 Å². The van der Waals surface area contributed by atoms with Gasteiger partial charge >= 0.3 is 6.18 Å². The Morgan fingerprint density at radius 2 is 1.47 bits per heavy atom. The first-order valence-electron chi connectivity index (χ1n) is 3.71. The highest BCUT2D eigenvalue weighted by Gasteiger charge is 2.36. The average Bonchev–Trinajstić information content (AvgIpc) is 1.99. The molecule has 0 fully saturated rings. The maximum atomic E-state index is 12.2. The van der Waals surface area contributed by atoms with Crippen LogP contribution in [-0.4, -0.2) is 24.1 Å². The van der Waals surface area contributed by atoms with Crippen LogP contribution in [0.5, 0.6) is 0 Å². The van der Waals surface area contributed by atoms with Gasteiger partial charge in [0.15, 0.2) is 10.3 Å². The molecule has 0 aliphatic rings. The Balaban J connectivity index is 3.32. The highest BCUT2D eigenvalue weighted by molar-refractivity contribution is 6.37. The summed E-state index contributed by atoms with van der Waals surface area (Å²) in [7, 11) is 3.15. The van der Waals surface area contributed by atoms with Crippen molar-refractivity contribution in [1.29, 1.82) is 0 Å². The van der Waals surface area contributed by atoms with Crippen molar-refractivity contribution in [1.82, 2.24) is 9.97 Å². The van der Waals surface area contributed by atoms with Crippen LogP contribution in [-0.2, 0) is 6.18 Å². The van der Waals surface area contributed by atoms with E-state index >= 15 is 0 Å². The van der Waals surface area contributed by atoms with Gasteiger partial charge in [0.1, 0.15) is 5.69 Å². The number of nitrogens with zero attached hydrogens (tertiary/aromatic N) is 3. The first-order valence-corrected chi connectivity index (χ1v) is 4.46. The minimum Gasteiger partial charge on any atom is -0.373 e. The Kier molecular flexibility index (Phi) is 3.30.